The first kappa shape index (κ1) is 14.7. The van der Waals surface area contributed by atoms with Crippen molar-refractivity contribution < 1.29 is 8.42 Å². The molecule has 0 amide bonds. The van der Waals surface area contributed by atoms with Crippen LogP contribution in [0.1, 0.15) is 12.5 Å². The Bertz CT molecular complexity index is 749. The van der Waals surface area contributed by atoms with Gasteiger partial charge in [0.2, 0.25) is 10.0 Å². The fourth-order valence-corrected chi connectivity index (χ4v) is 2.03. The summed E-state index contributed by atoms with van der Waals surface area (Å²) in [6.07, 6.45) is 0. The lowest BCUT2D eigenvalue weighted by atomic mass is 10.2. The van der Waals surface area contributed by atoms with Gasteiger partial charge in [-0.1, -0.05) is 0 Å². The van der Waals surface area contributed by atoms with Crippen molar-refractivity contribution in [1.29, 1.82) is 5.26 Å². The SMILES string of the molecule is CCS(=O)(=O)Nc1ccc(Nc2ccc(C#N)cc2)nn1. The maximum Gasteiger partial charge on any atom is 0.233 e. The second-order valence-electron chi connectivity index (χ2n) is 4.12. The summed E-state index contributed by atoms with van der Waals surface area (Å²) in [7, 11) is -3.36. The molecule has 1 aromatic heterocycles. The molecule has 0 aliphatic heterocycles. The molecule has 21 heavy (non-hydrogen) atoms. The predicted octanol–water partition coefficient (Wildman–Crippen LogP) is 1.85. The maximum absolute atomic E-state index is 11.4. The van der Waals surface area contributed by atoms with Crippen molar-refractivity contribution in [3.8, 4) is 6.07 Å². The number of nitrogens with zero attached hydrogens (tertiary/aromatic N) is 3. The van der Waals surface area contributed by atoms with E-state index in [2.05, 4.69) is 20.2 Å². The van der Waals surface area contributed by atoms with E-state index in [9.17, 15) is 8.42 Å². The summed E-state index contributed by atoms with van der Waals surface area (Å²) in [5.74, 6) is 0.612. The number of sulfonamides is 1. The van der Waals surface area contributed by atoms with Gasteiger partial charge in [-0.25, -0.2) is 8.42 Å². The Morgan fingerprint density at radius 1 is 1.10 bits per heavy atom. The molecule has 0 unspecified atom stereocenters. The first-order valence-corrected chi connectivity index (χ1v) is 7.79. The van der Waals surface area contributed by atoms with Gasteiger partial charge < -0.3 is 5.32 Å². The molecule has 8 heteroatoms. The summed E-state index contributed by atoms with van der Waals surface area (Å²) in [6, 6.07) is 12.0. The van der Waals surface area contributed by atoms with Gasteiger partial charge in [-0.05, 0) is 43.3 Å². The van der Waals surface area contributed by atoms with Crippen LogP contribution in [0.5, 0.6) is 0 Å². The Morgan fingerprint density at radius 2 is 1.71 bits per heavy atom. The highest BCUT2D eigenvalue weighted by molar-refractivity contribution is 7.92. The molecular formula is C13H13N5O2S. The summed E-state index contributed by atoms with van der Waals surface area (Å²) < 4.78 is 25.1. The molecule has 0 saturated carbocycles. The van der Waals surface area contributed by atoms with Crippen LogP contribution in [0.3, 0.4) is 0 Å². The number of nitrogens with one attached hydrogen (secondary N) is 2. The minimum absolute atomic E-state index is 0.0279. The van der Waals surface area contributed by atoms with E-state index in [1.165, 1.54) is 13.0 Å². The first-order valence-electron chi connectivity index (χ1n) is 6.14. The van der Waals surface area contributed by atoms with Crippen molar-refractivity contribution >= 4 is 27.3 Å². The van der Waals surface area contributed by atoms with E-state index in [1.54, 1.807) is 30.3 Å². The monoisotopic (exact) mass is 303 g/mol. The Balaban J connectivity index is 2.07. The third kappa shape index (κ3) is 4.15. The molecule has 108 valence electrons. The largest absolute Gasteiger partial charge is 0.339 e. The smallest absolute Gasteiger partial charge is 0.233 e. The van der Waals surface area contributed by atoms with Crippen molar-refractivity contribution in [3.05, 3.63) is 42.0 Å². The number of benzene rings is 1. The van der Waals surface area contributed by atoms with Crippen LogP contribution in [0.4, 0.5) is 17.3 Å². The van der Waals surface area contributed by atoms with E-state index in [4.69, 9.17) is 5.26 Å². The van der Waals surface area contributed by atoms with Gasteiger partial charge in [0, 0.05) is 5.69 Å². The van der Waals surface area contributed by atoms with Crippen LogP contribution in [0, 0.1) is 11.3 Å². The zero-order valence-corrected chi connectivity index (χ0v) is 12.1. The number of hydrogen-bond donors (Lipinski definition) is 2. The van der Waals surface area contributed by atoms with Crippen molar-refractivity contribution in [3.63, 3.8) is 0 Å². The fraction of sp³-hybridized carbons (Fsp3) is 0.154. The van der Waals surface area contributed by atoms with Crippen molar-refractivity contribution in [2.24, 2.45) is 0 Å². The van der Waals surface area contributed by atoms with Crippen molar-refractivity contribution in [2.45, 2.75) is 6.92 Å². The van der Waals surface area contributed by atoms with Crippen LogP contribution in [-0.4, -0.2) is 24.4 Å². The van der Waals surface area contributed by atoms with Crippen LogP contribution in [-0.2, 0) is 10.0 Å². The summed E-state index contributed by atoms with van der Waals surface area (Å²) in [5.41, 5.74) is 1.32. The van der Waals surface area contributed by atoms with Gasteiger partial charge >= 0.3 is 0 Å². The summed E-state index contributed by atoms with van der Waals surface area (Å²) in [6.45, 7) is 1.54. The molecule has 7 nitrogen and oxygen atoms in total. The predicted molar refractivity (Wildman–Crippen MR) is 79.6 cm³/mol. The quantitative estimate of drug-likeness (QED) is 0.872. The Labute approximate surface area is 122 Å². The molecule has 0 spiro atoms. The Hall–Kier alpha value is -2.66. The van der Waals surface area contributed by atoms with Crippen molar-refractivity contribution in [1.82, 2.24) is 10.2 Å². The molecule has 0 radical (unpaired) electrons. The van der Waals surface area contributed by atoms with Gasteiger partial charge in [0.15, 0.2) is 11.6 Å². The Morgan fingerprint density at radius 3 is 2.24 bits per heavy atom. The van der Waals surface area contributed by atoms with Gasteiger partial charge in [-0.3, -0.25) is 4.72 Å². The van der Waals surface area contributed by atoms with Crippen LogP contribution in [0.15, 0.2) is 36.4 Å². The van der Waals surface area contributed by atoms with Crippen molar-refractivity contribution in [2.75, 3.05) is 15.8 Å². The molecule has 0 aliphatic rings. The molecule has 0 fully saturated rings. The minimum atomic E-state index is -3.36. The molecule has 0 saturated heterocycles. The lowest BCUT2D eigenvalue weighted by molar-refractivity contribution is 0.602. The van der Waals surface area contributed by atoms with Crippen LogP contribution < -0.4 is 10.0 Å². The van der Waals surface area contributed by atoms with E-state index in [0.29, 0.717) is 11.4 Å². The summed E-state index contributed by atoms with van der Waals surface area (Å²) >= 11 is 0. The molecule has 1 aromatic carbocycles. The van der Waals surface area contributed by atoms with Gasteiger partial charge in [0.1, 0.15) is 0 Å². The molecule has 2 N–H and O–H groups in total. The number of rotatable bonds is 5. The standard InChI is InChI=1S/C13H13N5O2S/c1-2-21(19,20)18-13-8-7-12(16-17-13)15-11-5-3-10(9-14)4-6-11/h3-8H,2H2,1H3,(H,15,16)(H,17,18). The fourth-order valence-electron chi connectivity index (χ4n) is 1.46. The topological polar surface area (TPSA) is 108 Å². The molecule has 2 aromatic rings. The molecule has 0 bridgehead atoms. The van der Waals surface area contributed by atoms with Gasteiger partial charge in [0.25, 0.3) is 0 Å². The highest BCUT2D eigenvalue weighted by Gasteiger charge is 2.08. The lowest BCUT2D eigenvalue weighted by Crippen LogP contribution is -2.15. The second kappa shape index (κ2) is 6.19. The zero-order chi connectivity index (χ0) is 15.3. The number of anilines is 3. The lowest BCUT2D eigenvalue weighted by Gasteiger charge is -2.07. The minimum Gasteiger partial charge on any atom is -0.339 e. The molecule has 2 rings (SSSR count). The molecular weight excluding hydrogens is 290 g/mol. The Kier molecular flexibility index (Phi) is 4.35. The van der Waals surface area contributed by atoms with E-state index in [0.717, 1.165) is 5.69 Å². The highest BCUT2D eigenvalue weighted by Crippen LogP contribution is 2.15. The number of nitriles is 1. The van der Waals surface area contributed by atoms with E-state index in [-0.39, 0.29) is 11.6 Å². The average Bonchev–Trinajstić information content (AvgIpc) is 2.50. The van der Waals surface area contributed by atoms with Gasteiger partial charge in [0.05, 0.1) is 17.4 Å². The third-order valence-corrected chi connectivity index (χ3v) is 3.87. The molecule has 0 atom stereocenters. The average molecular weight is 303 g/mol. The van der Waals surface area contributed by atoms with E-state index >= 15 is 0 Å². The third-order valence-electron chi connectivity index (χ3n) is 2.59. The van der Waals surface area contributed by atoms with Crippen LogP contribution in [0.2, 0.25) is 0 Å². The zero-order valence-electron chi connectivity index (χ0n) is 11.2. The molecule has 1 heterocycles. The van der Waals surface area contributed by atoms with E-state index < -0.39 is 10.0 Å². The normalized spacial score (nSPS) is 10.7. The van der Waals surface area contributed by atoms with Crippen LogP contribution in [0.25, 0.3) is 0 Å². The number of hydrogen-bond acceptors (Lipinski definition) is 6. The summed E-state index contributed by atoms with van der Waals surface area (Å²) in [4.78, 5) is 0. The number of aromatic nitrogens is 2. The first-order chi connectivity index (χ1) is 10.0. The van der Waals surface area contributed by atoms with Crippen LogP contribution >= 0.6 is 0 Å². The molecule has 0 aliphatic carbocycles. The van der Waals surface area contributed by atoms with Gasteiger partial charge in [-0.15, -0.1) is 10.2 Å². The van der Waals surface area contributed by atoms with Gasteiger partial charge in [-0.2, -0.15) is 5.26 Å². The highest BCUT2D eigenvalue weighted by atomic mass is 32.2. The maximum atomic E-state index is 11.4. The van der Waals surface area contributed by atoms with E-state index in [1.807, 2.05) is 6.07 Å². The summed E-state index contributed by atoms with van der Waals surface area (Å²) in [5, 5.41) is 19.4. The second-order valence-corrected chi connectivity index (χ2v) is 6.13.